The van der Waals surface area contributed by atoms with Crippen molar-refractivity contribution >= 4 is 0 Å². The lowest BCUT2D eigenvalue weighted by Crippen LogP contribution is -1.94. The molecule has 70 valence electrons. The molecule has 13 heavy (non-hydrogen) atoms. The van der Waals surface area contributed by atoms with Gasteiger partial charge >= 0.3 is 0 Å². The van der Waals surface area contributed by atoms with Gasteiger partial charge in [0.05, 0.1) is 0 Å². The normalized spacial score (nSPS) is 12.5. The lowest BCUT2D eigenvalue weighted by atomic mass is 9.98. The van der Waals surface area contributed by atoms with E-state index in [0.29, 0.717) is 0 Å². The van der Waals surface area contributed by atoms with Gasteiger partial charge in [-0.3, -0.25) is 0 Å². The fourth-order valence-corrected chi connectivity index (χ4v) is 1.20. The number of benzene rings is 1. The SMILES string of the molecule is C=CCC(C)c1ccc(F)c(F)c1. The van der Waals surface area contributed by atoms with Crippen LogP contribution in [0.15, 0.2) is 30.9 Å². The van der Waals surface area contributed by atoms with Gasteiger partial charge < -0.3 is 0 Å². The summed E-state index contributed by atoms with van der Waals surface area (Å²) in [5, 5.41) is 0. The first kappa shape index (κ1) is 9.90. The minimum atomic E-state index is -0.797. The Labute approximate surface area is 76.9 Å². The molecule has 0 radical (unpaired) electrons. The fraction of sp³-hybridized carbons (Fsp3) is 0.273. The lowest BCUT2D eigenvalue weighted by Gasteiger charge is -2.08. The third-order valence-electron chi connectivity index (χ3n) is 2.03. The van der Waals surface area contributed by atoms with E-state index in [9.17, 15) is 8.78 Å². The van der Waals surface area contributed by atoms with Gasteiger partial charge in [-0.2, -0.15) is 0 Å². The number of allylic oxidation sites excluding steroid dienone is 1. The Balaban J connectivity index is 2.89. The van der Waals surface area contributed by atoms with Gasteiger partial charge in [-0.05, 0) is 30.0 Å². The molecule has 0 aromatic heterocycles. The molecule has 0 saturated carbocycles. The number of rotatable bonds is 3. The Morgan fingerprint density at radius 1 is 1.38 bits per heavy atom. The van der Waals surface area contributed by atoms with E-state index in [2.05, 4.69) is 6.58 Å². The summed E-state index contributed by atoms with van der Waals surface area (Å²) in [6.07, 6.45) is 2.54. The van der Waals surface area contributed by atoms with Crippen LogP contribution in [0.3, 0.4) is 0 Å². The summed E-state index contributed by atoms with van der Waals surface area (Å²) in [5.74, 6) is -1.39. The molecule has 2 heteroatoms. The van der Waals surface area contributed by atoms with Crippen molar-refractivity contribution in [2.24, 2.45) is 0 Å². The van der Waals surface area contributed by atoms with Crippen LogP contribution < -0.4 is 0 Å². The zero-order valence-corrected chi connectivity index (χ0v) is 7.56. The monoisotopic (exact) mass is 182 g/mol. The molecule has 0 aliphatic heterocycles. The van der Waals surface area contributed by atoms with Gasteiger partial charge in [0.2, 0.25) is 0 Å². The van der Waals surface area contributed by atoms with Crippen LogP contribution in [0, 0.1) is 11.6 Å². The molecule has 0 saturated heterocycles. The molecule has 1 atom stereocenters. The van der Waals surface area contributed by atoms with E-state index in [-0.39, 0.29) is 5.92 Å². The topological polar surface area (TPSA) is 0 Å². The molecule has 0 aliphatic rings. The summed E-state index contributed by atoms with van der Waals surface area (Å²) in [5.41, 5.74) is 0.804. The molecule has 1 rings (SSSR count). The molecule has 1 aromatic carbocycles. The number of hydrogen-bond donors (Lipinski definition) is 0. The van der Waals surface area contributed by atoms with Crippen molar-refractivity contribution in [3.63, 3.8) is 0 Å². The minimum absolute atomic E-state index is 0.188. The lowest BCUT2D eigenvalue weighted by molar-refractivity contribution is 0.505. The van der Waals surface area contributed by atoms with Gasteiger partial charge in [0, 0.05) is 0 Å². The second-order valence-electron chi connectivity index (χ2n) is 3.10. The Hall–Kier alpha value is -1.18. The Bertz CT molecular complexity index is 305. The molecule has 0 bridgehead atoms. The van der Waals surface area contributed by atoms with Crippen molar-refractivity contribution < 1.29 is 8.78 Å². The van der Waals surface area contributed by atoms with E-state index >= 15 is 0 Å². The molecule has 0 nitrogen and oxygen atoms in total. The first-order valence-electron chi connectivity index (χ1n) is 4.21. The van der Waals surface area contributed by atoms with Crippen LogP contribution in [0.25, 0.3) is 0 Å². The maximum Gasteiger partial charge on any atom is 0.159 e. The van der Waals surface area contributed by atoms with Crippen LogP contribution in [0.5, 0.6) is 0 Å². The highest BCUT2D eigenvalue weighted by Gasteiger charge is 2.07. The fourth-order valence-electron chi connectivity index (χ4n) is 1.20. The van der Waals surface area contributed by atoms with E-state index in [1.807, 2.05) is 6.92 Å². The van der Waals surface area contributed by atoms with E-state index in [1.54, 1.807) is 12.1 Å². The molecule has 0 heterocycles. The maximum atomic E-state index is 12.8. The van der Waals surface area contributed by atoms with Crippen LogP contribution in [0.4, 0.5) is 8.78 Å². The smallest absolute Gasteiger partial charge is 0.159 e. The maximum absolute atomic E-state index is 12.8. The van der Waals surface area contributed by atoms with Crippen LogP contribution >= 0.6 is 0 Å². The van der Waals surface area contributed by atoms with Gasteiger partial charge in [0.25, 0.3) is 0 Å². The Morgan fingerprint density at radius 3 is 2.62 bits per heavy atom. The van der Waals surface area contributed by atoms with E-state index in [1.165, 1.54) is 6.07 Å². The highest BCUT2D eigenvalue weighted by molar-refractivity contribution is 5.21. The first-order chi connectivity index (χ1) is 6.15. The third-order valence-corrected chi connectivity index (χ3v) is 2.03. The Morgan fingerprint density at radius 2 is 2.08 bits per heavy atom. The molecule has 1 unspecified atom stereocenters. The largest absolute Gasteiger partial charge is 0.204 e. The van der Waals surface area contributed by atoms with Crippen molar-refractivity contribution in [1.29, 1.82) is 0 Å². The third kappa shape index (κ3) is 2.38. The standard InChI is InChI=1S/C11H12F2/c1-3-4-8(2)9-5-6-10(12)11(13)7-9/h3,5-8H,1,4H2,2H3. The van der Waals surface area contributed by atoms with E-state index < -0.39 is 11.6 Å². The van der Waals surface area contributed by atoms with Crippen molar-refractivity contribution in [3.8, 4) is 0 Å². The van der Waals surface area contributed by atoms with Gasteiger partial charge in [-0.15, -0.1) is 6.58 Å². The second kappa shape index (κ2) is 4.17. The number of halogens is 2. The molecule has 1 aromatic rings. The Kier molecular flexibility index (Phi) is 3.18. The van der Waals surface area contributed by atoms with E-state index in [4.69, 9.17) is 0 Å². The predicted octanol–water partition coefficient (Wildman–Crippen LogP) is 3.64. The molecule has 0 amide bonds. The summed E-state index contributed by atoms with van der Waals surface area (Å²) in [6.45, 7) is 5.55. The van der Waals surface area contributed by atoms with Crippen LogP contribution in [0.1, 0.15) is 24.8 Å². The van der Waals surface area contributed by atoms with Crippen LogP contribution in [0.2, 0.25) is 0 Å². The first-order valence-corrected chi connectivity index (χ1v) is 4.21. The minimum Gasteiger partial charge on any atom is -0.204 e. The van der Waals surface area contributed by atoms with Gasteiger partial charge in [0.15, 0.2) is 11.6 Å². The van der Waals surface area contributed by atoms with Gasteiger partial charge in [0.1, 0.15) is 0 Å². The van der Waals surface area contributed by atoms with Crippen LogP contribution in [-0.4, -0.2) is 0 Å². The summed E-state index contributed by atoms with van der Waals surface area (Å²) in [4.78, 5) is 0. The summed E-state index contributed by atoms with van der Waals surface area (Å²) < 4.78 is 25.3. The molecule has 0 spiro atoms. The summed E-state index contributed by atoms with van der Waals surface area (Å²) in [7, 11) is 0. The molecular weight excluding hydrogens is 170 g/mol. The molecular formula is C11H12F2. The average Bonchev–Trinajstić information content (AvgIpc) is 2.10. The van der Waals surface area contributed by atoms with Crippen molar-refractivity contribution in [3.05, 3.63) is 48.1 Å². The average molecular weight is 182 g/mol. The number of hydrogen-bond acceptors (Lipinski definition) is 0. The molecule has 0 N–H and O–H groups in total. The second-order valence-corrected chi connectivity index (χ2v) is 3.10. The summed E-state index contributed by atoms with van der Waals surface area (Å²) in [6, 6.07) is 4.00. The quantitative estimate of drug-likeness (QED) is 0.626. The van der Waals surface area contributed by atoms with Crippen LogP contribution in [-0.2, 0) is 0 Å². The highest BCUT2D eigenvalue weighted by atomic mass is 19.2. The highest BCUT2D eigenvalue weighted by Crippen LogP contribution is 2.20. The van der Waals surface area contributed by atoms with Crippen molar-refractivity contribution in [1.82, 2.24) is 0 Å². The summed E-state index contributed by atoms with van der Waals surface area (Å²) >= 11 is 0. The molecule has 0 fully saturated rings. The predicted molar refractivity (Wildman–Crippen MR) is 49.6 cm³/mol. The van der Waals surface area contributed by atoms with Crippen molar-refractivity contribution in [2.45, 2.75) is 19.3 Å². The zero-order valence-electron chi connectivity index (χ0n) is 7.56. The zero-order chi connectivity index (χ0) is 9.84. The van der Waals surface area contributed by atoms with E-state index in [0.717, 1.165) is 18.1 Å². The van der Waals surface area contributed by atoms with Gasteiger partial charge in [-0.25, -0.2) is 8.78 Å². The molecule has 0 aliphatic carbocycles. The van der Waals surface area contributed by atoms with Gasteiger partial charge in [-0.1, -0.05) is 19.1 Å². The van der Waals surface area contributed by atoms with Crippen molar-refractivity contribution in [2.75, 3.05) is 0 Å².